The van der Waals surface area contributed by atoms with Crippen LogP contribution in [0.5, 0.6) is 0 Å². The molecule has 0 aliphatic carbocycles. The number of carbonyl (C=O) groups excluding carboxylic acids is 1. The Morgan fingerprint density at radius 2 is 1.95 bits per heavy atom. The van der Waals surface area contributed by atoms with Gasteiger partial charge in [0.1, 0.15) is 11.6 Å². The molecule has 3 N–H and O–H groups in total. The fourth-order valence-electron chi connectivity index (χ4n) is 1.72. The minimum Gasteiger partial charge on any atom is -0.320 e. The number of anilines is 1. The highest BCUT2D eigenvalue weighted by Gasteiger charge is 2.12. The number of rotatable bonds is 2. The molecule has 0 atom stereocenters. The minimum absolute atomic E-state index is 0.161. The number of nitrogens with one attached hydrogen (secondary N) is 1. The van der Waals surface area contributed by atoms with Crippen LogP contribution in [0.1, 0.15) is 15.9 Å². The SMILES string of the molecule is NCC#Cc1ccccc1C(=O)Nc1cc(F)ccc1F. The van der Waals surface area contributed by atoms with Gasteiger partial charge >= 0.3 is 0 Å². The Balaban J connectivity index is 2.31. The van der Waals surface area contributed by atoms with E-state index in [1.54, 1.807) is 24.3 Å². The molecule has 2 rings (SSSR count). The van der Waals surface area contributed by atoms with Gasteiger partial charge in [-0.25, -0.2) is 8.78 Å². The molecule has 2 aromatic carbocycles. The Hall–Kier alpha value is -2.71. The lowest BCUT2D eigenvalue weighted by Crippen LogP contribution is -2.14. The molecule has 3 nitrogen and oxygen atoms in total. The molecule has 0 spiro atoms. The minimum atomic E-state index is -0.713. The summed E-state index contributed by atoms with van der Waals surface area (Å²) in [5, 5.41) is 2.33. The molecule has 21 heavy (non-hydrogen) atoms. The van der Waals surface area contributed by atoms with Gasteiger partial charge in [0, 0.05) is 11.6 Å². The third-order valence-corrected chi connectivity index (χ3v) is 2.67. The lowest BCUT2D eigenvalue weighted by molar-refractivity contribution is 0.102. The smallest absolute Gasteiger partial charge is 0.257 e. The number of amides is 1. The second-order valence-electron chi connectivity index (χ2n) is 4.13. The summed E-state index contributed by atoms with van der Waals surface area (Å²) in [6.45, 7) is 0.161. The van der Waals surface area contributed by atoms with E-state index in [2.05, 4.69) is 17.2 Å². The molecule has 0 heterocycles. The van der Waals surface area contributed by atoms with Crippen molar-refractivity contribution in [3.8, 4) is 11.8 Å². The van der Waals surface area contributed by atoms with E-state index in [0.29, 0.717) is 5.56 Å². The molecule has 5 heteroatoms. The molecule has 0 aromatic heterocycles. The fourth-order valence-corrected chi connectivity index (χ4v) is 1.72. The zero-order valence-corrected chi connectivity index (χ0v) is 11.0. The third kappa shape index (κ3) is 3.65. The Morgan fingerprint density at radius 1 is 1.19 bits per heavy atom. The van der Waals surface area contributed by atoms with Crippen molar-refractivity contribution < 1.29 is 13.6 Å². The van der Waals surface area contributed by atoms with Gasteiger partial charge in [0.15, 0.2) is 0 Å². The van der Waals surface area contributed by atoms with Crippen molar-refractivity contribution in [2.75, 3.05) is 11.9 Å². The van der Waals surface area contributed by atoms with Crippen LogP contribution in [-0.4, -0.2) is 12.5 Å². The number of hydrogen-bond acceptors (Lipinski definition) is 2. The van der Waals surface area contributed by atoms with Crippen LogP contribution >= 0.6 is 0 Å². The van der Waals surface area contributed by atoms with Crippen LogP contribution in [0.3, 0.4) is 0 Å². The molecule has 1 amide bonds. The van der Waals surface area contributed by atoms with Gasteiger partial charge in [-0.05, 0) is 24.3 Å². The normalized spacial score (nSPS) is 9.67. The highest BCUT2D eigenvalue weighted by atomic mass is 19.1. The van der Waals surface area contributed by atoms with Crippen LogP contribution in [0.15, 0.2) is 42.5 Å². The Labute approximate surface area is 120 Å². The molecule has 0 saturated carbocycles. The summed E-state index contributed by atoms with van der Waals surface area (Å²) < 4.78 is 26.6. The predicted molar refractivity (Wildman–Crippen MR) is 76.7 cm³/mol. The number of carbonyl (C=O) groups is 1. The van der Waals surface area contributed by atoms with Crippen LogP contribution in [0, 0.1) is 23.5 Å². The second-order valence-corrected chi connectivity index (χ2v) is 4.13. The van der Waals surface area contributed by atoms with Gasteiger partial charge in [-0.3, -0.25) is 4.79 Å². The van der Waals surface area contributed by atoms with Crippen LogP contribution in [-0.2, 0) is 0 Å². The van der Waals surface area contributed by atoms with E-state index < -0.39 is 17.5 Å². The first-order chi connectivity index (χ1) is 10.1. The highest BCUT2D eigenvalue weighted by molar-refractivity contribution is 6.06. The maximum atomic E-state index is 13.5. The molecule has 0 fully saturated rings. The number of halogens is 2. The third-order valence-electron chi connectivity index (χ3n) is 2.67. The van der Waals surface area contributed by atoms with E-state index in [9.17, 15) is 13.6 Å². The van der Waals surface area contributed by atoms with E-state index in [4.69, 9.17) is 5.73 Å². The monoisotopic (exact) mass is 286 g/mol. The molecule has 0 unspecified atom stereocenters. The quantitative estimate of drug-likeness (QED) is 0.834. The first-order valence-electron chi connectivity index (χ1n) is 6.16. The molecule has 0 aliphatic rings. The lowest BCUT2D eigenvalue weighted by atomic mass is 10.1. The molecule has 2 aromatic rings. The van der Waals surface area contributed by atoms with Gasteiger partial charge < -0.3 is 11.1 Å². The predicted octanol–water partition coefficient (Wildman–Crippen LogP) is 2.53. The van der Waals surface area contributed by atoms with E-state index in [1.807, 2.05) is 0 Å². The molecule has 0 aliphatic heterocycles. The van der Waals surface area contributed by atoms with Gasteiger partial charge in [0.05, 0.1) is 17.8 Å². The summed E-state index contributed by atoms with van der Waals surface area (Å²) in [6, 6.07) is 9.43. The van der Waals surface area contributed by atoms with Gasteiger partial charge in [-0.2, -0.15) is 0 Å². The number of hydrogen-bond donors (Lipinski definition) is 2. The Kier molecular flexibility index (Phi) is 4.64. The molecule has 0 saturated heterocycles. The van der Waals surface area contributed by atoms with E-state index >= 15 is 0 Å². The summed E-state index contributed by atoms with van der Waals surface area (Å²) in [7, 11) is 0. The molecule has 0 bridgehead atoms. The van der Waals surface area contributed by atoms with Crippen molar-refractivity contribution in [3.05, 3.63) is 65.2 Å². The Morgan fingerprint density at radius 3 is 2.71 bits per heavy atom. The summed E-state index contributed by atoms with van der Waals surface area (Å²) in [6.07, 6.45) is 0. The zero-order chi connectivity index (χ0) is 15.2. The highest BCUT2D eigenvalue weighted by Crippen LogP contribution is 2.17. The average molecular weight is 286 g/mol. The van der Waals surface area contributed by atoms with Crippen molar-refractivity contribution in [1.82, 2.24) is 0 Å². The van der Waals surface area contributed by atoms with Gasteiger partial charge in [-0.1, -0.05) is 24.0 Å². The van der Waals surface area contributed by atoms with E-state index in [-0.39, 0.29) is 17.8 Å². The molecule has 106 valence electrons. The molecular formula is C16H12F2N2O. The van der Waals surface area contributed by atoms with Gasteiger partial charge in [0.2, 0.25) is 0 Å². The maximum Gasteiger partial charge on any atom is 0.257 e. The summed E-state index contributed by atoms with van der Waals surface area (Å²) in [5.41, 5.74) is 5.81. The zero-order valence-electron chi connectivity index (χ0n) is 11.0. The largest absolute Gasteiger partial charge is 0.320 e. The first-order valence-corrected chi connectivity index (χ1v) is 6.16. The number of benzene rings is 2. The topological polar surface area (TPSA) is 55.1 Å². The standard InChI is InChI=1S/C16H12F2N2O/c17-12-7-8-14(18)15(10-12)20-16(21)13-6-2-1-4-11(13)5-3-9-19/h1-2,4,6-8,10H,9,19H2,(H,20,21). The lowest BCUT2D eigenvalue weighted by Gasteiger charge is -2.08. The van der Waals surface area contributed by atoms with Gasteiger partial charge in [0.25, 0.3) is 5.91 Å². The van der Waals surface area contributed by atoms with Crippen molar-refractivity contribution in [2.24, 2.45) is 5.73 Å². The van der Waals surface area contributed by atoms with Gasteiger partial charge in [-0.15, -0.1) is 0 Å². The summed E-state index contributed by atoms with van der Waals surface area (Å²) in [4.78, 5) is 12.2. The second kappa shape index (κ2) is 6.64. The Bertz CT molecular complexity index is 733. The van der Waals surface area contributed by atoms with Crippen LogP contribution in [0.25, 0.3) is 0 Å². The van der Waals surface area contributed by atoms with E-state index in [1.165, 1.54) is 0 Å². The van der Waals surface area contributed by atoms with Crippen molar-refractivity contribution >= 4 is 11.6 Å². The first kappa shape index (κ1) is 14.7. The molecular weight excluding hydrogens is 274 g/mol. The van der Waals surface area contributed by atoms with E-state index in [0.717, 1.165) is 18.2 Å². The van der Waals surface area contributed by atoms with Crippen molar-refractivity contribution in [1.29, 1.82) is 0 Å². The average Bonchev–Trinajstić information content (AvgIpc) is 2.49. The molecule has 0 radical (unpaired) electrons. The fraction of sp³-hybridized carbons (Fsp3) is 0.0625. The summed E-state index contributed by atoms with van der Waals surface area (Å²) in [5.74, 6) is 3.49. The van der Waals surface area contributed by atoms with Crippen molar-refractivity contribution in [2.45, 2.75) is 0 Å². The van der Waals surface area contributed by atoms with Crippen LogP contribution < -0.4 is 11.1 Å². The van der Waals surface area contributed by atoms with Crippen LogP contribution in [0.2, 0.25) is 0 Å². The van der Waals surface area contributed by atoms with Crippen LogP contribution in [0.4, 0.5) is 14.5 Å². The van der Waals surface area contributed by atoms with Crippen molar-refractivity contribution in [3.63, 3.8) is 0 Å². The number of nitrogens with two attached hydrogens (primary N) is 1. The maximum absolute atomic E-state index is 13.5. The summed E-state index contributed by atoms with van der Waals surface area (Å²) >= 11 is 0.